The minimum atomic E-state index is -3.26. The number of rotatable bonds is 6. The Morgan fingerprint density at radius 2 is 2.06 bits per heavy atom. The van der Waals surface area contributed by atoms with Gasteiger partial charge in [0.2, 0.25) is 5.91 Å². The Morgan fingerprint density at radius 3 is 2.31 bits per heavy atom. The van der Waals surface area contributed by atoms with Crippen LogP contribution in [0.4, 0.5) is 0 Å². The van der Waals surface area contributed by atoms with Gasteiger partial charge in [-0.15, -0.1) is 0 Å². The normalized spacial score (nSPS) is 11.6. The van der Waals surface area contributed by atoms with Gasteiger partial charge in [0.15, 0.2) is 0 Å². The summed E-state index contributed by atoms with van der Waals surface area (Å²) in [5, 5.41) is 0. The van der Waals surface area contributed by atoms with Gasteiger partial charge in [0.1, 0.15) is 0 Å². The summed E-state index contributed by atoms with van der Waals surface area (Å²) >= 11 is 0. The van der Waals surface area contributed by atoms with Gasteiger partial charge in [0.05, 0.1) is 17.6 Å². The lowest BCUT2D eigenvalue weighted by atomic mass is 10.5. The summed E-state index contributed by atoms with van der Waals surface area (Å²) < 4.78 is 24.2. The van der Waals surface area contributed by atoms with Gasteiger partial charge in [0, 0.05) is 5.75 Å². The molecule has 0 spiro atoms. The first kappa shape index (κ1) is 17.6. The molecule has 0 aliphatic carbocycles. The number of amides is 1. The first-order valence-electron chi connectivity index (χ1n) is 4.69. The topological polar surface area (TPSA) is 92.9 Å². The number of hydrogen-bond donors (Lipinski definition) is 3. The van der Waals surface area contributed by atoms with Crippen LogP contribution in [-0.4, -0.2) is 53.1 Å². The van der Waals surface area contributed by atoms with E-state index in [0.29, 0.717) is 6.42 Å². The molecular weight excluding hydrogens is 232 g/mol. The van der Waals surface area contributed by atoms with Crippen molar-refractivity contribution in [2.75, 3.05) is 33.5 Å². The molecule has 0 aromatic carbocycles. The van der Waals surface area contributed by atoms with Crippen LogP contribution in [0.2, 0.25) is 0 Å². The van der Waals surface area contributed by atoms with Crippen LogP contribution in [-0.2, 0) is 19.5 Å². The fraction of sp³-hybridized carbons (Fsp3) is 0.667. The maximum atomic E-state index is 10.9. The third-order valence-corrected chi connectivity index (χ3v) is 2.98. The van der Waals surface area contributed by atoms with Crippen molar-refractivity contribution in [2.24, 2.45) is 5.73 Å². The molecule has 1 amide bonds. The minimum Gasteiger partial charge on any atom is -0.366 e. The molecular formula is C9H22N2O4S. The Kier molecular flexibility index (Phi) is 10.4. The maximum Gasteiger partial charge on any atom is 0.240 e. The highest BCUT2D eigenvalue weighted by atomic mass is 32.3. The molecule has 0 aromatic heterocycles. The zero-order valence-electron chi connectivity index (χ0n) is 10.0. The van der Waals surface area contributed by atoms with Crippen molar-refractivity contribution in [1.82, 2.24) is 4.90 Å². The summed E-state index contributed by atoms with van der Waals surface area (Å²) in [5.74, 6) is -0.244. The van der Waals surface area contributed by atoms with Gasteiger partial charge in [-0.3, -0.25) is 8.98 Å². The van der Waals surface area contributed by atoms with Crippen LogP contribution in [0.3, 0.4) is 0 Å². The van der Waals surface area contributed by atoms with Crippen LogP contribution in [0, 0.1) is 0 Å². The summed E-state index contributed by atoms with van der Waals surface area (Å²) in [6.45, 7) is 3.90. The molecule has 0 saturated carbocycles. The predicted octanol–water partition coefficient (Wildman–Crippen LogP) is -0.353. The van der Waals surface area contributed by atoms with Crippen molar-refractivity contribution in [3.63, 3.8) is 0 Å². The molecule has 16 heavy (non-hydrogen) atoms. The average Bonchev–Trinajstić information content (AvgIpc) is 2.18. The lowest BCUT2D eigenvalue weighted by Crippen LogP contribution is -2.21. The van der Waals surface area contributed by atoms with Crippen LogP contribution < -0.4 is 5.73 Å². The van der Waals surface area contributed by atoms with E-state index in [2.05, 4.69) is 16.5 Å². The SMILES string of the molecule is C=CC(N)=O.CO[SH](=O)(O)CCCN(C)C. The maximum absolute atomic E-state index is 10.9. The van der Waals surface area contributed by atoms with Gasteiger partial charge in [-0.2, -0.15) is 0 Å². The van der Waals surface area contributed by atoms with E-state index >= 15 is 0 Å². The Bertz CT molecular complexity index is 256. The van der Waals surface area contributed by atoms with Crippen molar-refractivity contribution in [3.8, 4) is 0 Å². The summed E-state index contributed by atoms with van der Waals surface area (Å²) in [6, 6.07) is 0. The molecule has 0 atom stereocenters. The Hall–Kier alpha value is -0.760. The molecule has 3 N–H and O–H groups in total. The van der Waals surface area contributed by atoms with Gasteiger partial charge in [0.25, 0.3) is 0 Å². The average molecular weight is 254 g/mol. The second-order valence-electron chi connectivity index (χ2n) is 3.31. The van der Waals surface area contributed by atoms with E-state index in [9.17, 15) is 9.00 Å². The Balaban J connectivity index is 0. The molecule has 0 fully saturated rings. The van der Waals surface area contributed by atoms with Crippen LogP contribution in [0.1, 0.15) is 6.42 Å². The lowest BCUT2D eigenvalue weighted by Gasteiger charge is -2.16. The van der Waals surface area contributed by atoms with Gasteiger partial charge in [-0.05, 0) is 33.1 Å². The van der Waals surface area contributed by atoms with E-state index in [1.165, 1.54) is 7.11 Å². The molecule has 0 aromatic rings. The largest absolute Gasteiger partial charge is 0.366 e. The molecule has 0 radical (unpaired) electrons. The number of nitrogens with zero attached hydrogens (tertiary/aromatic N) is 1. The molecule has 0 rings (SSSR count). The molecule has 0 bridgehead atoms. The first-order chi connectivity index (χ1) is 7.25. The van der Waals surface area contributed by atoms with Crippen LogP contribution in [0.25, 0.3) is 0 Å². The molecule has 6 nitrogen and oxygen atoms in total. The van der Waals surface area contributed by atoms with Gasteiger partial charge < -0.3 is 15.2 Å². The molecule has 0 saturated heterocycles. The van der Waals surface area contributed by atoms with Crippen LogP contribution in [0.5, 0.6) is 0 Å². The van der Waals surface area contributed by atoms with Gasteiger partial charge in [-0.25, -0.2) is 4.21 Å². The van der Waals surface area contributed by atoms with E-state index in [1.54, 1.807) is 0 Å². The van der Waals surface area contributed by atoms with Crippen molar-refractivity contribution in [1.29, 1.82) is 0 Å². The number of hydrogen-bond acceptors (Lipinski definition) is 4. The fourth-order valence-corrected chi connectivity index (χ4v) is 1.40. The van der Waals surface area contributed by atoms with Crippen molar-refractivity contribution in [3.05, 3.63) is 12.7 Å². The number of thiol groups is 1. The smallest absolute Gasteiger partial charge is 0.240 e. The van der Waals surface area contributed by atoms with Crippen LogP contribution in [0.15, 0.2) is 12.7 Å². The number of carbonyl (C=O) groups is 1. The molecule has 0 heterocycles. The van der Waals surface area contributed by atoms with Crippen molar-refractivity contribution >= 4 is 16.4 Å². The molecule has 98 valence electrons. The summed E-state index contributed by atoms with van der Waals surface area (Å²) in [4.78, 5) is 11.4. The third-order valence-electron chi connectivity index (χ3n) is 1.53. The van der Waals surface area contributed by atoms with Gasteiger partial charge in [-0.1, -0.05) is 6.58 Å². The highest BCUT2D eigenvalue weighted by Crippen LogP contribution is 2.01. The van der Waals surface area contributed by atoms with E-state index < -0.39 is 16.4 Å². The molecule has 0 aliphatic rings. The highest BCUT2D eigenvalue weighted by Gasteiger charge is 2.06. The zero-order chi connectivity index (χ0) is 13.2. The molecule has 0 unspecified atom stereocenters. The second kappa shape index (κ2) is 9.46. The first-order valence-corrected chi connectivity index (χ1v) is 6.45. The third kappa shape index (κ3) is 15.7. The number of nitrogens with two attached hydrogens (primary N) is 1. The highest BCUT2D eigenvalue weighted by molar-refractivity contribution is 7.93. The summed E-state index contributed by atoms with van der Waals surface area (Å²) in [5.41, 5.74) is 4.53. The fourth-order valence-electron chi connectivity index (χ4n) is 0.678. The summed E-state index contributed by atoms with van der Waals surface area (Å²) in [6.07, 6.45) is 1.74. The molecule has 7 heteroatoms. The minimum absolute atomic E-state index is 0.238. The number of carbonyl (C=O) groups excluding carboxylic acids is 1. The lowest BCUT2D eigenvalue weighted by molar-refractivity contribution is -0.113. The number of primary amides is 1. The van der Waals surface area contributed by atoms with Crippen molar-refractivity contribution in [2.45, 2.75) is 6.42 Å². The van der Waals surface area contributed by atoms with E-state index in [4.69, 9.17) is 4.55 Å². The van der Waals surface area contributed by atoms with Crippen LogP contribution >= 0.6 is 0 Å². The second-order valence-corrected chi connectivity index (χ2v) is 5.39. The zero-order valence-corrected chi connectivity index (χ0v) is 10.9. The predicted molar refractivity (Wildman–Crippen MR) is 66.6 cm³/mol. The summed E-state index contributed by atoms with van der Waals surface area (Å²) in [7, 11) is 1.86. The van der Waals surface area contributed by atoms with E-state index in [-0.39, 0.29) is 5.75 Å². The van der Waals surface area contributed by atoms with E-state index in [0.717, 1.165) is 12.6 Å². The Labute approximate surface area is 97.9 Å². The van der Waals surface area contributed by atoms with Gasteiger partial charge >= 0.3 is 0 Å². The van der Waals surface area contributed by atoms with E-state index in [1.807, 2.05) is 19.0 Å². The van der Waals surface area contributed by atoms with Crippen molar-refractivity contribution < 1.29 is 17.7 Å². The Morgan fingerprint density at radius 1 is 1.62 bits per heavy atom. The molecule has 0 aliphatic heterocycles. The standard InChI is InChI=1S/C6H17NO3S.C3H5NO/c1-7(2)5-4-6-11(8,9)10-3;1-2-3(4)5/h11H,4-6H2,1-3H3,(H,8,9);2H,1H2,(H2,4,5). The quantitative estimate of drug-likeness (QED) is 0.445. The monoisotopic (exact) mass is 254 g/mol.